The van der Waals surface area contributed by atoms with Crippen LogP contribution in [0.25, 0.3) is 0 Å². The van der Waals surface area contributed by atoms with Crippen LogP contribution in [0.2, 0.25) is 0 Å². The summed E-state index contributed by atoms with van der Waals surface area (Å²) in [6.07, 6.45) is 2.69. The Bertz CT molecular complexity index is 363. The van der Waals surface area contributed by atoms with Crippen molar-refractivity contribution in [1.82, 2.24) is 15.4 Å². The molecule has 0 aromatic carbocycles. The molecule has 0 aliphatic carbocycles. The van der Waals surface area contributed by atoms with Crippen LogP contribution in [0.15, 0.2) is 10.6 Å². The molecule has 2 aliphatic heterocycles. The molecule has 1 N–H and O–H groups in total. The molecule has 0 bridgehead atoms. The van der Waals surface area contributed by atoms with Crippen molar-refractivity contribution < 1.29 is 4.52 Å². The lowest BCUT2D eigenvalue weighted by atomic mass is 9.92. The van der Waals surface area contributed by atoms with Crippen molar-refractivity contribution in [3.05, 3.63) is 17.5 Å². The van der Waals surface area contributed by atoms with E-state index in [1.54, 1.807) is 0 Å². The SMILES string of the molecule is Cc1cc(CN2CCCC3CNCC32)on1. The molecule has 1 aromatic rings. The van der Waals surface area contributed by atoms with E-state index in [0.29, 0.717) is 6.04 Å². The number of rotatable bonds is 2. The Balaban J connectivity index is 1.69. The summed E-state index contributed by atoms with van der Waals surface area (Å²) in [7, 11) is 0. The molecule has 0 amide bonds. The Morgan fingerprint density at radius 3 is 3.31 bits per heavy atom. The Morgan fingerprint density at radius 1 is 1.56 bits per heavy atom. The van der Waals surface area contributed by atoms with Gasteiger partial charge >= 0.3 is 0 Å². The second-order valence-electron chi connectivity index (χ2n) is 5.03. The summed E-state index contributed by atoms with van der Waals surface area (Å²) < 4.78 is 5.30. The summed E-state index contributed by atoms with van der Waals surface area (Å²) >= 11 is 0. The molecule has 3 heterocycles. The van der Waals surface area contributed by atoms with E-state index < -0.39 is 0 Å². The average Bonchev–Trinajstić information content (AvgIpc) is 2.87. The van der Waals surface area contributed by atoms with Gasteiger partial charge in [0.1, 0.15) is 0 Å². The first kappa shape index (κ1) is 10.3. The van der Waals surface area contributed by atoms with Gasteiger partial charge in [-0.3, -0.25) is 4.90 Å². The van der Waals surface area contributed by atoms with Crippen LogP contribution in [0.3, 0.4) is 0 Å². The van der Waals surface area contributed by atoms with E-state index in [1.165, 1.54) is 25.9 Å². The van der Waals surface area contributed by atoms with E-state index in [-0.39, 0.29) is 0 Å². The fourth-order valence-electron chi connectivity index (χ4n) is 3.05. The van der Waals surface area contributed by atoms with Gasteiger partial charge in [0.25, 0.3) is 0 Å². The molecule has 2 aliphatic rings. The van der Waals surface area contributed by atoms with E-state index in [9.17, 15) is 0 Å². The predicted molar refractivity (Wildman–Crippen MR) is 61.0 cm³/mol. The zero-order valence-corrected chi connectivity index (χ0v) is 9.78. The lowest BCUT2D eigenvalue weighted by Crippen LogP contribution is -2.44. The summed E-state index contributed by atoms with van der Waals surface area (Å²) in [6, 6.07) is 2.76. The number of nitrogens with zero attached hydrogens (tertiary/aromatic N) is 2. The topological polar surface area (TPSA) is 41.3 Å². The summed E-state index contributed by atoms with van der Waals surface area (Å²) in [6.45, 7) is 6.42. The summed E-state index contributed by atoms with van der Waals surface area (Å²) in [5.74, 6) is 1.85. The predicted octanol–water partition coefficient (Wildman–Crippen LogP) is 1.17. The van der Waals surface area contributed by atoms with Crippen molar-refractivity contribution in [3.8, 4) is 0 Å². The molecule has 2 unspecified atom stereocenters. The van der Waals surface area contributed by atoms with Gasteiger partial charge in [-0.2, -0.15) is 0 Å². The maximum absolute atomic E-state index is 5.30. The molecule has 16 heavy (non-hydrogen) atoms. The largest absolute Gasteiger partial charge is 0.360 e. The fraction of sp³-hybridized carbons (Fsp3) is 0.750. The van der Waals surface area contributed by atoms with Gasteiger partial charge in [0.05, 0.1) is 12.2 Å². The van der Waals surface area contributed by atoms with Crippen LogP contribution in [-0.4, -0.2) is 35.7 Å². The Morgan fingerprint density at radius 2 is 2.50 bits per heavy atom. The van der Waals surface area contributed by atoms with Crippen LogP contribution in [0.4, 0.5) is 0 Å². The molecule has 0 radical (unpaired) electrons. The Kier molecular flexibility index (Phi) is 2.69. The molecule has 0 spiro atoms. The highest BCUT2D eigenvalue weighted by Crippen LogP contribution is 2.27. The van der Waals surface area contributed by atoms with Crippen LogP contribution in [0, 0.1) is 12.8 Å². The monoisotopic (exact) mass is 221 g/mol. The van der Waals surface area contributed by atoms with Gasteiger partial charge in [-0.15, -0.1) is 0 Å². The molecule has 0 saturated carbocycles. The van der Waals surface area contributed by atoms with E-state index in [1.807, 2.05) is 13.0 Å². The maximum atomic E-state index is 5.30. The number of aromatic nitrogens is 1. The maximum Gasteiger partial charge on any atom is 0.150 e. The first-order chi connectivity index (χ1) is 7.83. The van der Waals surface area contributed by atoms with Crippen LogP contribution in [0.1, 0.15) is 24.3 Å². The summed E-state index contributed by atoms with van der Waals surface area (Å²) in [4.78, 5) is 2.55. The van der Waals surface area contributed by atoms with Gasteiger partial charge in [0, 0.05) is 18.7 Å². The first-order valence-corrected chi connectivity index (χ1v) is 6.20. The van der Waals surface area contributed by atoms with Gasteiger partial charge in [-0.05, 0) is 38.8 Å². The van der Waals surface area contributed by atoms with Crippen LogP contribution in [0.5, 0.6) is 0 Å². The number of hydrogen-bond acceptors (Lipinski definition) is 4. The van der Waals surface area contributed by atoms with E-state index in [0.717, 1.165) is 30.5 Å². The lowest BCUT2D eigenvalue weighted by molar-refractivity contribution is 0.106. The zero-order valence-electron chi connectivity index (χ0n) is 9.78. The quantitative estimate of drug-likeness (QED) is 0.814. The second-order valence-corrected chi connectivity index (χ2v) is 5.03. The highest BCUT2D eigenvalue weighted by atomic mass is 16.5. The van der Waals surface area contributed by atoms with Gasteiger partial charge in [0.15, 0.2) is 5.76 Å². The summed E-state index contributed by atoms with van der Waals surface area (Å²) in [5, 5.41) is 7.45. The van der Waals surface area contributed by atoms with E-state index >= 15 is 0 Å². The molecule has 2 saturated heterocycles. The van der Waals surface area contributed by atoms with Crippen molar-refractivity contribution in [2.75, 3.05) is 19.6 Å². The summed E-state index contributed by atoms with van der Waals surface area (Å²) in [5.41, 5.74) is 0.980. The van der Waals surface area contributed by atoms with Crippen LogP contribution in [-0.2, 0) is 6.54 Å². The molecular formula is C12H19N3O. The minimum atomic E-state index is 0.708. The number of likely N-dealkylation sites (tertiary alicyclic amines) is 1. The zero-order chi connectivity index (χ0) is 11.0. The van der Waals surface area contributed by atoms with Crippen LogP contribution < -0.4 is 5.32 Å². The Labute approximate surface area is 96.0 Å². The molecule has 4 heteroatoms. The molecule has 4 nitrogen and oxygen atoms in total. The minimum absolute atomic E-state index is 0.708. The third-order valence-electron chi connectivity index (χ3n) is 3.83. The smallest absolute Gasteiger partial charge is 0.150 e. The Hall–Kier alpha value is -0.870. The van der Waals surface area contributed by atoms with Crippen molar-refractivity contribution in [3.63, 3.8) is 0 Å². The number of nitrogens with one attached hydrogen (secondary N) is 1. The third-order valence-corrected chi connectivity index (χ3v) is 3.83. The van der Waals surface area contributed by atoms with Gasteiger partial charge in [-0.1, -0.05) is 5.16 Å². The fourth-order valence-corrected chi connectivity index (χ4v) is 3.05. The normalized spacial score (nSPS) is 30.6. The van der Waals surface area contributed by atoms with Crippen LogP contribution >= 0.6 is 0 Å². The average molecular weight is 221 g/mol. The highest BCUT2D eigenvalue weighted by molar-refractivity contribution is 5.04. The van der Waals surface area contributed by atoms with Crippen molar-refractivity contribution in [1.29, 1.82) is 0 Å². The second kappa shape index (κ2) is 4.18. The number of hydrogen-bond donors (Lipinski definition) is 1. The molecule has 3 rings (SSSR count). The molecule has 2 fully saturated rings. The third kappa shape index (κ3) is 1.87. The van der Waals surface area contributed by atoms with Gasteiger partial charge < -0.3 is 9.84 Å². The minimum Gasteiger partial charge on any atom is -0.360 e. The van der Waals surface area contributed by atoms with Gasteiger partial charge in [0.2, 0.25) is 0 Å². The molecule has 2 atom stereocenters. The van der Waals surface area contributed by atoms with Crippen molar-refractivity contribution in [2.45, 2.75) is 32.4 Å². The number of fused-ring (bicyclic) bond motifs is 1. The van der Waals surface area contributed by atoms with E-state index in [4.69, 9.17) is 4.52 Å². The molecular weight excluding hydrogens is 202 g/mol. The number of piperidine rings is 1. The highest BCUT2D eigenvalue weighted by Gasteiger charge is 2.35. The number of aryl methyl sites for hydroxylation is 1. The first-order valence-electron chi connectivity index (χ1n) is 6.20. The lowest BCUT2D eigenvalue weighted by Gasteiger charge is -2.36. The van der Waals surface area contributed by atoms with Gasteiger partial charge in [-0.25, -0.2) is 0 Å². The van der Waals surface area contributed by atoms with E-state index in [2.05, 4.69) is 15.4 Å². The standard InChI is InChI=1S/C12H19N3O/c1-9-5-11(16-14-9)8-15-4-2-3-10-6-13-7-12(10)15/h5,10,12-13H,2-4,6-8H2,1H3. The van der Waals surface area contributed by atoms with Crippen molar-refractivity contribution in [2.24, 2.45) is 5.92 Å². The molecule has 1 aromatic heterocycles. The van der Waals surface area contributed by atoms with Crippen molar-refractivity contribution >= 4 is 0 Å². The molecule has 88 valence electrons.